The van der Waals surface area contributed by atoms with Crippen LogP contribution in [0.2, 0.25) is 0 Å². The van der Waals surface area contributed by atoms with Gasteiger partial charge in [-0.15, -0.1) is 0 Å². The van der Waals surface area contributed by atoms with Gasteiger partial charge < -0.3 is 4.90 Å². The van der Waals surface area contributed by atoms with Crippen LogP contribution in [0.5, 0.6) is 0 Å². The van der Waals surface area contributed by atoms with Crippen molar-refractivity contribution < 1.29 is 0 Å². The maximum Gasteiger partial charge on any atom is 0.0247 e. The van der Waals surface area contributed by atoms with Crippen LogP contribution in [0.3, 0.4) is 0 Å². The molecule has 0 aromatic carbocycles. The van der Waals surface area contributed by atoms with Crippen LogP contribution in [0, 0.1) is 0 Å². The van der Waals surface area contributed by atoms with E-state index in [0.717, 1.165) is 19.3 Å². The van der Waals surface area contributed by atoms with Crippen molar-refractivity contribution in [2.45, 2.75) is 26.2 Å². The second-order valence-corrected chi connectivity index (χ2v) is 3.94. The Balaban J connectivity index is 2.28. The Morgan fingerprint density at radius 2 is 2.21 bits per heavy atom. The van der Waals surface area contributed by atoms with E-state index < -0.39 is 0 Å². The molecule has 0 fully saturated rings. The summed E-state index contributed by atoms with van der Waals surface area (Å²) >= 11 is 0. The highest BCUT2D eigenvalue weighted by atomic mass is 15.1. The zero-order chi connectivity index (χ0) is 10.1. The summed E-state index contributed by atoms with van der Waals surface area (Å²) in [5.74, 6) is 0. The molecular weight excluding hydrogens is 170 g/mol. The minimum Gasteiger partial charge on any atom is -0.351 e. The lowest BCUT2D eigenvalue weighted by atomic mass is 10.1. The van der Waals surface area contributed by atoms with Gasteiger partial charge >= 0.3 is 0 Å². The molecule has 1 nitrogen and oxygen atoms in total. The normalized spacial score (nSPS) is 21.1. The number of hydrogen-bond donors (Lipinski definition) is 0. The van der Waals surface area contributed by atoms with E-state index in [4.69, 9.17) is 0 Å². The van der Waals surface area contributed by atoms with Crippen LogP contribution in [-0.4, -0.2) is 11.9 Å². The van der Waals surface area contributed by atoms with Crippen LogP contribution in [0.15, 0.2) is 47.3 Å². The van der Waals surface area contributed by atoms with Crippen LogP contribution in [0.1, 0.15) is 26.2 Å². The molecule has 0 saturated carbocycles. The minimum absolute atomic E-state index is 1.02. The fraction of sp³-hybridized carbons (Fsp3) is 0.385. The number of rotatable bonds is 1. The first-order chi connectivity index (χ1) is 6.72. The van der Waals surface area contributed by atoms with E-state index in [0.29, 0.717) is 0 Å². The quantitative estimate of drug-likeness (QED) is 0.608. The predicted octanol–water partition coefficient (Wildman–Crippen LogP) is 3.39. The second kappa shape index (κ2) is 3.49. The van der Waals surface area contributed by atoms with E-state index >= 15 is 0 Å². The molecule has 0 aromatic heterocycles. The first kappa shape index (κ1) is 9.32. The van der Waals surface area contributed by atoms with Gasteiger partial charge in [0.1, 0.15) is 0 Å². The maximum atomic E-state index is 4.06. The highest BCUT2D eigenvalue weighted by Crippen LogP contribution is 2.34. The molecule has 14 heavy (non-hydrogen) atoms. The van der Waals surface area contributed by atoms with Crippen molar-refractivity contribution in [2.24, 2.45) is 0 Å². The molecule has 0 spiro atoms. The molecule has 0 N–H and O–H groups in total. The van der Waals surface area contributed by atoms with Gasteiger partial charge in [0.2, 0.25) is 0 Å². The summed E-state index contributed by atoms with van der Waals surface area (Å²) in [5.41, 5.74) is 5.53. The molecule has 1 aliphatic carbocycles. The van der Waals surface area contributed by atoms with E-state index in [2.05, 4.69) is 43.7 Å². The van der Waals surface area contributed by atoms with Gasteiger partial charge in [-0.2, -0.15) is 0 Å². The largest absolute Gasteiger partial charge is 0.351 e. The highest BCUT2D eigenvalue weighted by molar-refractivity contribution is 5.42. The molecule has 74 valence electrons. The second-order valence-electron chi connectivity index (χ2n) is 3.94. The molecule has 0 amide bonds. The van der Waals surface area contributed by atoms with Gasteiger partial charge in [-0.25, -0.2) is 0 Å². The van der Waals surface area contributed by atoms with Crippen LogP contribution in [0.4, 0.5) is 0 Å². The lowest BCUT2D eigenvalue weighted by Gasteiger charge is -2.16. The minimum atomic E-state index is 1.02. The Labute approximate surface area is 86.1 Å². The van der Waals surface area contributed by atoms with Crippen LogP contribution in [-0.2, 0) is 0 Å². The van der Waals surface area contributed by atoms with Gasteiger partial charge in [0.05, 0.1) is 0 Å². The third kappa shape index (κ3) is 1.43. The molecule has 0 atom stereocenters. The average Bonchev–Trinajstić information content (AvgIpc) is 2.40. The molecule has 0 unspecified atom stereocenters. The van der Waals surface area contributed by atoms with Crippen molar-refractivity contribution in [3.8, 4) is 0 Å². The maximum absolute atomic E-state index is 4.06. The summed E-state index contributed by atoms with van der Waals surface area (Å²) in [5, 5.41) is 0. The highest BCUT2D eigenvalue weighted by Gasteiger charge is 2.21. The molecule has 0 bridgehead atoms. The van der Waals surface area contributed by atoms with E-state index in [1.54, 1.807) is 0 Å². The van der Waals surface area contributed by atoms with Gasteiger partial charge in [-0.05, 0) is 12.0 Å². The number of nitrogens with zero attached hydrogens (tertiary/aromatic N) is 1. The summed E-state index contributed by atoms with van der Waals surface area (Å²) in [6, 6.07) is 0. The van der Waals surface area contributed by atoms with E-state index in [-0.39, 0.29) is 0 Å². The monoisotopic (exact) mass is 187 g/mol. The summed E-state index contributed by atoms with van der Waals surface area (Å²) in [6.45, 7) is 6.26. The van der Waals surface area contributed by atoms with Crippen molar-refractivity contribution in [3.05, 3.63) is 47.3 Å². The number of allylic oxidation sites excluding steroid dienone is 5. The van der Waals surface area contributed by atoms with E-state index in [1.807, 2.05) is 0 Å². The van der Waals surface area contributed by atoms with Crippen molar-refractivity contribution >= 4 is 0 Å². The lowest BCUT2D eigenvalue weighted by molar-refractivity contribution is 0.530. The molecule has 0 radical (unpaired) electrons. The summed E-state index contributed by atoms with van der Waals surface area (Å²) in [4.78, 5) is 2.23. The smallest absolute Gasteiger partial charge is 0.0247 e. The van der Waals surface area contributed by atoms with Crippen molar-refractivity contribution in [3.63, 3.8) is 0 Å². The zero-order valence-electron chi connectivity index (χ0n) is 9.01. The number of hydrogen-bond acceptors (Lipinski definition) is 1. The predicted molar refractivity (Wildman–Crippen MR) is 60.7 cm³/mol. The van der Waals surface area contributed by atoms with Gasteiger partial charge in [0, 0.05) is 31.3 Å². The molecule has 1 heterocycles. The third-order valence-corrected chi connectivity index (χ3v) is 3.11. The van der Waals surface area contributed by atoms with Crippen LogP contribution < -0.4 is 0 Å². The lowest BCUT2D eigenvalue weighted by Crippen LogP contribution is -2.10. The van der Waals surface area contributed by atoms with Gasteiger partial charge in [0.15, 0.2) is 0 Å². The molecular formula is C13H17N. The average molecular weight is 187 g/mol. The Hall–Kier alpha value is -1.24. The molecule has 2 aliphatic rings. The van der Waals surface area contributed by atoms with Crippen molar-refractivity contribution in [1.29, 1.82) is 0 Å². The molecule has 0 aromatic rings. The molecule has 1 heteroatoms. The van der Waals surface area contributed by atoms with E-state index in [9.17, 15) is 0 Å². The standard InChI is InChI=1S/C13H17N/c1-4-11-5-7-12-9-10(2)14(3)13(12)8-6-11/h5-7H,2,4,8-9H2,1,3H3. The first-order valence-electron chi connectivity index (χ1n) is 5.23. The van der Waals surface area contributed by atoms with E-state index in [1.165, 1.54) is 22.5 Å². The van der Waals surface area contributed by atoms with Crippen LogP contribution in [0.25, 0.3) is 0 Å². The summed E-state index contributed by atoms with van der Waals surface area (Å²) in [7, 11) is 2.11. The van der Waals surface area contributed by atoms with Gasteiger partial charge in [-0.3, -0.25) is 0 Å². The van der Waals surface area contributed by atoms with Crippen molar-refractivity contribution in [1.82, 2.24) is 4.90 Å². The molecule has 0 saturated heterocycles. The fourth-order valence-corrected chi connectivity index (χ4v) is 2.04. The SMILES string of the molecule is C=C1CC2=C(CC=C(CC)C=C2)N1C. The van der Waals surface area contributed by atoms with Crippen molar-refractivity contribution in [2.75, 3.05) is 7.05 Å². The molecule has 1 aliphatic heterocycles. The Kier molecular flexibility index (Phi) is 2.32. The summed E-state index contributed by atoms with van der Waals surface area (Å²) in [6.07, 6.45) is 10.0. The molecule has 2 rings (SSSR count). The Bertz CT molecular complexity index is 355. The topological polar surface area (TPSA) is 3.24 Å². The summed E-state index contributed by atoms with van der Waals surface area (Å²) < 4.78 is 0. The van der Waals surface area contributed by atoms with Gasteiger partial charge in [0.25, 0.3) is 0 Å². The fourth-order valence-electron chi connectivity index (χ4n) is 2.04. The Morgan fingerprint density at radius 1 is 1.43 bits per heavy atom. The first-order valence-corrected chi connectivity index (χ1v) is 5.23. The third-order valence-electron chi connectivity index (χ3n) is 3.11. The van der Waals surface area contributed by atoms with Gasteiger partial charge in [-0.1, -0.05) is 37.3 Å². The van der Waals surface area contributed by atoms with Crippen LogP contribution >= 0.6 is 0 Å². The zero-order valence-corrected chi connectivity index (χ0v) is 9.01. The Morgan fingerprint density at radius 3 is 2.93 bits per heavy atom.